The molecule has 2 heterocycles. The Hall–Kier alpha value is -1.22. The monoisotopic (exact) mass is 656 g/mol. The molecule has 0 radical (unpaired) electrons. The minimum Gasteiger partial charge on any atom is -0.494 e. The summed E-state index contributed by atoms with van der Waals surface area (Å²) in [6.45, 7) is 4.15. The van der Waals surface area contributed by atoms with Crippen molar-refractivity contribution < 1.29 is 9.90 Å². The predicted molar refractivity (Wildman–Crippen MR) is 134 cm³/mol. The number of nitrogens with zero attached hydrogens (tertiary/aromatic N) is 1. The number of hydrogen-bond donors (Lipinski definition) is 2. The number of hydrogen-bond acceptors (Lipinski definition) is 2. The molecule has 2 aromatic carbocycles. The molecule has 0 bridgehead atoms. The molecule has 0 unspecified atom stereocenters. The van der Waals surface area contributed by atoms with Crippen molar-refractivity contribution in [3.05, 3.63) is 70.0 Å². The third-order valence-corrected chi connectivity index (χ3v) is 8.03. The van der Waals surface area contributed by atoms with Crippen LogP contribution in [0.25, 0.3) is 11.3 Å². The van der Waals surface area contributed by atoms with Crippen molar-refractivity contribution in [2.45, 2.75) is 26.7 Å². The number of aromatic nitrogens is 1. The number of benzene rings is 2. The van der Waals surface area contributed by atoms with Gasteiger partial charge in [0.15, 0.2) is 5.88 Å². The molecule has 4 nitrogen and oxygen atoms in total. The number of aromatic hydroxyl groups is 1. The van der Waals surface area contributed by atoms with E-state index in [1.165, 1.54) is 0 Å². The van der Waals surface area contributed by atoms with Crippen LogP contribution in [0, 0.1) is 0 Å². The van der Waals surface area contributed by atoms with Crippen molar-refractivity contribution in [1.82, 2.24) is 4.98 Å². The summed E-state index contributed by atoms with van der Waals surface area (Å²) in [5.41, 5.74) is 5.65. The standard InChI is InChI=1S/C22H16Br4N2O2/c1-3-11-13(23)5-9(6-14(11)24)19-17-18(22(30)27-19)20(28-21(17)29)10-7-15(25)12(4-2)16(26)8-10/h5-8,27,30H,3-4H2,1-2H3. The maximum atomic E-state index is 12.9. The number of halogens is 4. The molecule has 0 aliphatic carbocycles. The zero-order valence-corrected chi connectivity index (χ0v) is 22.4. The van der Waals surface area contributed by atoms with Gasteiger partial charge in [0.05, 0.1) is 22.5 Å². The Bertz CT molecular complexity index is 1200. The zero-order valence-electron chi connectivity index (χ0n) is 16.0. The Kier molecular flexibility index (Phi) is 6.14. The number of aliphatic imine (C=N–C) groups is 1. The van der Waals surface area contributed by atoms with Crippen LogP contribution in [-0.4, -0.2) is 21.7 Å². The van der Waals surface area contributed by atoms with Crippen LogP contribution in [0.1, 0.15) is 46.5 Å². The maximum absolute atomic E-state index is 12.9. The lowest BCUT2D eigenvalue weighted by atomic mass is 9.98. The van der Waals surface area contributed by atoms with Crippen LogP contribution in [0.4, 0.5) is 0 Å². The SMILES string of the molecule is CCc1c(Br)cc(C2=NC(=O)c3c(-c4cc(Br)c(CC)c(Br)c4)[nH]c(O)c32)cc1Br. The molecule has 4 rings (SSSR count). The largest absolute Gasteiger partial charge is 0.494 e. The molecule has 154 valence electrons. The first-order chi connectivity index (χ1) is 14.3. The van der Waals surface area contributed by atoms with E-state index in [1.807, 2.05) is 24.3 Å². The number of carbonyl (C=O) groups is 1. The highest BCUT2D eigenvalue weighted by Gasteiger charge is 2.34. The lowest BCUT2D eigenvalue weighted by molar-refractivity contribution is 0.101. The molecule has 1 aliphatic heterocycles. The second kappa shape index (κ2) is 8.37. The molecule has 1 amide bonds. The molecule has 0 spiro atoms. The molecular formula is C22H16Br4N2O2. The molecule has 1 aliphatic rings. The second-order valence-corrected chi connectivity index (χ2v) is 10.3. The van der Waals surface area contributed by atoms with Gasteiger partial charge in [-0.1, -0.05) is 77.6 Å². The topological polar surface area (TPSA) is 65.5 Å². The van der Waals surface area contributed by atoms with Crippen LogP contribution in [0.2, 0.25) is 0 Å². The van der Waals surface area contributed by atoms with Gasteiger partial charge in [0, 0.05) is 29.0 Å². The fourth-order valence-electron chi connectivity index (χ4n) is 3.73. The average Bonchev–Trinajstić information content (AvgIpc) is 3.20. The predicted octanol–water partition coefficient (Wildman–Crippen LogP) is 7.55. The zero-order chi connectivity index (χ0) is 21.7. The quantitative estimate of drug-likeness (QED) is 0.304. The molecule has 1 aromatic heterocycles. The number of rotatable bonds is 4. The second-order valence-electron chi connectivity index (χ2n) is 6.91. The van der Waals surface area contributed by atoms with Crippen LogP contribution in [0.3, 0.4) is 0 Å². The van der Waals surface area contributed by atoms with Crippen LogP contribution >= 0.6 is 63.7 Å². The van der Waals surface area contributed by atoms with Gasteiger partial charge in [0.25, 0.3) is 5.91 Å². The van der Waals surface area contributed by atoms with Crippen molar-refractivity contribution >= 4 is 75.3 Å². The number of fused-ring (bicyclic) bond motifs is 1. The van der Waals surface area contributed by atoms with Gasteiger partial charge in [0.1, 0.15) is 0 Å². The summed E-state index contributed by atoms with van der Waals surface area (Å²) in [7, 11) is 0. The summed E-state index contributed by atoms with van der Waals surface area (Å²) >= 11 is 14.4. The first-order valence-corrected chi connectivity index (χ1v) is 12.5. The van der Waals surface area contributed by atoms with E-state index in [-0.39, 0.29) is 11.8 Å². The van der Waals surface area contributed by atoms with Gasteiger partial charge < -0.3 is 10.1 Å². The van der Waals surface area contributed by atoms with E-state index in [4.69, 9.17) is 0 Å². The third-order valence-electron chi connectivity index (χ3n) is 5.20. The minimum atomic E-state index is -0.370. The molecule has 0 fully saturated rings. The van der Waals surface area contributed by atoms with E-state index in [0.29, 0.717) is 22.5 Å². The Morgan fingerprint density at radius 2 is 1.30 bits per heavy atom. The fraction of sp³-hybridized carbons (Fsp3) is 0.182. The molecule has 30 heavy (non-hydrogen) atoms. The van der Waals surface area contributed by atoms with E-state index < -0.39 is 0 Å². The highest BCUT2D eigenvalue weighted by atomic mass is 79.9. The number of carbonyl (C=O) groups excluding carboxylic acids is 1. The van der Waals surface area contributed by atoms with Crippen molar-refractivity contribution in [1.29, 1.82) is 0 Å². The normalized spacial score (nSPS) is 13.0. The molecule has 0 atom stereocenters. The summed E-state index contributed by atoms with van der Waals surface area (Å²) in [6.07, 6.45) is 1.72. The summed E-state index contributed by atoms with van der Waals surface area (Å²) in [5.74, 6) is -0.437. The highest BCUT2D eigenvalue weighted by molar-refractivity contribution is 9.11. The molecule has 3 aromatic rings. The molecule has 0 saturated heterocycles. The Balaban J connectivity index is 1.88. The van der Waals surface area contributed by atoms with Gasteiger partial charge in [-0.05, 0) is 48.2 Å². The number of amides is 1. The number of H-pyrrole nitrogens is 1. The lowest BCUT2D eigenvalue weighted by Gasteiger charge is -2.09. The van der Waals surface area contributed by atoms with Crippen LogP contribution < -0.4 is 0 Å². The number of aromatic amines is 1. The van der Waals surface area contributed by atoms with Gasteiger partial charge in [-0.2, -0.15) is 0 Å². The summed E-state index contributed by atoms with van der Waals surface area (Å²) in [4.78, 5) is 20.2. The minimum absolute atomic E-state index is 0.0665. The first-order valence-electron chi connectivity index (χ1n) is 9.31. The fourth-order valence-corrected chi connectivity index (χ4v) is 7.23. The average molecular weight is 660 g/mol. The Morgan fingerprint density at radius 3 is 1.77 bits per heavy atom. The van der Waals surface area contributed by atoms with E-state index in [1.54, 1.807) is 0 Å². The van der Waals surface area contributed by atoms with Crippen LogP contribution in [0.15, 0.2) is 47.1 Å². The van der Waals surface area contributed by atoms with Crippen molar-refractivity contribution in [2.24, 2.45) is 4.99 Å². The molecule has 0 saturated carbocycles. The first kappa shape index (κ1) is 22.0. The van der Waals surface area contributed by atoms with Gasteiger partial charge in [-0.25, -0.2) is 4.99 Å². The van der Waals surface area contributed by atoms with Crippen molar-refractivity contribution in [2.75, 3.05) is 0 Å². The Morgan fingerprint density at radius 1 is 0.833 bits per heavy atom. The summed E-state index contributed by atoms with van der Waals surface area (Å²) in [6, 6.07) is 7.76. The van der Waals surface area contributed by atoms with Gasteiger partial charge in [-0.15, -0.1) is 0 Å². The van der Waals surface area contributed by atoms with Crippen molar-refractivity contribution in [3.8, 4) is 17.1 Å². The summed E-state index contributed by atoms with van der Waals surface area (Å²) < 4.78 is 3.73. The van der Waals surface area contributed by atoms with Gasteiger partial charge >= 0.3 is 0 Å². The molecular weight excluding hydrogens is 644 g/mol. The third kappa shape index (κ3) is 3.55. The lowest BCUT2D eigenvalue weighted by Crippen LogP contribution is -2.01. The Labute approximate surface area is 207 Å². The molecule has 2 N–H and O–H groups in total. The number of nitrogens with one attached hydrogen (secondary N) is 1. The van der Waals surface area contributed by atoms with Crippen LogP contribution in [0.5, 0.6) is 5.88 Å². The van der Waals surface area contributed by atoms with E-state index in [0.717, 1.165) is 53.0 Å². The van der Waals surface area contributed by atoms with E-state index in [2.05, 4.69) is 87.5 Å². The summed E-state index contributed by atoms with van der Waals surface area (Å²) in [5, 5.41) is 10.7. The van der Waals surface area contributed by atoms with Crippen LogP contribution in [-0.2, 0) is 12.8 Å². The van der Waals surface area contributed by atoms with E-state index in [9.17, 15) is 9.90 Å². The highest BCUT2D eigenvalue weighted by Crippen LogP contribution is 2.41. The maximum Gasteiger partial charge on any atom is 0.280 e. The van der Waals surface area contributed by atoms with E-state index >= 15 is 0 Å². The van der Waals surface area contributed by atoms with Gasteiger partial charge in [0.2, 0.25) is 0 Å². The van der Waals surface area contributed by atoms with Crippen molar-refractivity contribution in [3.63, 3.8) is 0 Å². The smallest absolute Gasteiger partial charge is 0.280 e. The van der Waals surface area contributed by atoms with Gasteiger partial charge in [-0.3, -0.25) is 4.79 Å². The molecule has 8 heteroatoms.